The van der Waals surface area contributed by atoms with Crippen LogP contribution in [0.4, 0.5) is 11.4 Å². The van der Waals surface area contributed by atoms with Crippen molar-refractivity contribution in [2.45, 2.75) is 25.5 Å². The molecule has 1 aliphatic heterocycles. The summed E-state index contributed by atoms with van der Waals surface area (Å²) in [6, 6.07) is 14.0. The molecule has 0 saturated heterocycles. The molecule has 1 N–H and O–H groups in total. The number of sulfonamides is 2. The Balaban J connectivity index is 1.83. The van der Waals surface area contributed by atoms with Crippen molar-refractivity contribution in [2.24, 2.45) is 0 Å². The summed E-state index contributed by atoms with van der Waals surface area (Å²) in [6.45, 7) is 2.08. The van der Waals surface area contributed by atoms with E-state index in [0.717, 1.165) is 12.0 Å². The molecule has 2 aromatic carbocycles. The van der Waals surface area contributed by atoms with Crippen LogP contribution in [0.25, 0.3) is 0 Å². The maximum atomic E-state index is 12.4. The third-order valence-electron chi connectivity index (χ3n) is 4.33. The van der Waals surface area contributed by atoms with E-state index in [-0.39, 0.29) is 11.5 Å². The van der Waals surface area contributed by atoms with Crippen LogP contribution in [0, 0.1) is 0 Å². The molecule has 1 aliphatic rings. The molecule has 0 saturated carbocycles. The van der Waals surface area contributed by atoms with Crippen LogP contribution in [0.15, 0.2) is 48.5 Å². The van der Waals surface area contributed by atoms with Gasteiger partial charge in [-0.15, -0.1) is 0 Å². The van der Waals surface area contributed by atoms with E-state index in [1.54, 1.807) is 49.4 Å². The smallest absolute Gasteiger partial charge is 0.236 e. The molecule has 1 heterocycles. The highest BCUT2D eigenvalue weighted by atomic mass is 32.2. The number of benzene rings is 2. The van der Waals surface area contributed by atoms with Crippen molar-refractivity contribution in [1.82, 2.24) is 0 Å². The Morgan fingerprint density at radius 3 is 2.46 bits per heavy atom. The minimum atomic E-state index is -3.54. The van der Waals surface area contributed by atoms with Crippen molar-refractivity contribution in [1.29, 1.82) is 0 Å². The molecule has 0 aromatic heterocycles. The number of anilines is 2. The molecular weight excluding hydrogens is 372 g/mol. The molecule has 0 aliphatic carbocycles. The summed E-state index contributed by atoms with van der Waals surface area (Å²) >= 11 is 0. The Morgan fingerprint density at radius 1 is 1.04 bits per heavy atom. The average Bonchev–Trinajstić information content (AvgIpc) is 2.61. The molecule has 8 heteroatoms. The molecule has 0 unspecified atom stereocenters. The first-order valence-corrected chi connectivity index (χ1v) is 11.7. The quantitative estimate of drug-likeness (QED) is 0.817. The van der Waals surface area contributed by atoms with E-state index in [4.69, 9.17) is 0 Å². The van der Waals surface area contributed by atoms with E-state index in [9.17, 15) is 16.8 Å². The fourth-order valence-electron chi connectivity index (χ4n) is 3.08. The Hall–Kier alpha value is -2.06. The van der Waals surface area contributed by atoms with Gasteiger partial charge in [0.2, 0.25) is 20.0 Å². The van der Waals surface area contributed by atoms with Crippen LogP contribution in [0.3, 0.4) is 0 Å². The highest BCUT2D eigenvalue weighted by Crippen LogP contribution is 2.32. The van der Waals surface area contributed by atoms with Gasteiger partial charge in [0.05, 0.1) is 17.2 Å². The topological polar surface area (TPSA) is 83.6 Å². The Kier molecular flexibility index (Phi) is 5.24. The predicted molar refractivity (Wildman–Crippen MR) is 104 cm³/mol. The molecule has 0 spiro atoms. The fourth-order valence-corrected chi connectivity index (χ4v) is 5.47. The highest BCUT2D eigenvalue weighted by molar-refractivity contribution is 7.92. The maximum Gasteiger partial charge on any atom is 0.236 e. The molecule has 6 nitrogen and oxygen atoms in total. The van der Waals surface area contributed by atoms with Gasteiger partial charge in [-0.3, -0.25) is 9.03 Å². The van der Waals surface area contributed by atoms with Crippen molar-refractivity contribution in [3.63, 3.8) is 0 Å². The zero-order valence-electron chi connectivity index (χ0n) is 14.6. The second kappa shape index (κ2) is 7.28. The lowest BCUT2D eigenvalue weighted by molar-refractivity contribution is 0.587. The lowest BCUT2D eigenvalue weighted by atomic mass is 10.0. The first-order valence-electron chi connectivity index (χ1n) is 8.48. The second-order valence-electron chi connectivity index (χ2n) is 6.27. The molecule has 26 heavy (non-hydrogen) atoms. The fraction of sp³-hybridized carbons (Fsp3) is 0.333. The number of hydrogen-bond donors (Lipinski definition) is 1. The highest BCUT2D eigenvalue weighted by Gasteiger charge is 2.26. The number of rotatable bonds is 6. The van der Waals surface area contributed by atoms with Crippen molar-refractivity contribution in [2.75, 3.05) is 21.3 Å². The zero-order chi connectivity index (χ0) is 18.8. The monoisotopic (exact) mass is 394 g/mol. The van der Waals surface area contributed by atoms with Gasteiger partial charge >= 0.3 is 0 Å². The van der Waals surface area contributed by atoms with E-state index in [1.165, 1.54) is 4.31 Å². The summed E-state index contributed by atoms with van der Waals surface area (Å²) in [5.74, 6) is -0.0703. The van der Waals surface area contributed by atoms with Crippen molar-refractivity contribution < 1.29 is 16.8 Å². The van der Waals surface area contributed by atoms with Gasteiger partial charge in [0, 0.05) is 12.2 Å². The molecule has 0 amide bonds. The van der Waals surface area contributed by atoms with Gasteiger partial charge in [0.1, 0.15) is 0 Å². The Morgan fingerprint density at radius 2 is 1.77 bits per heavy atom. The largest absolute Gasteiger partial charge is 0.283 e. The first-order chi connectivity index (χ1) is 12.3. The summed E-state index contributed by atoms with van der Waals surface area (Å²) in [6.07, 6.45) is 1.44. The third-order valence-corrected chi connectivity index (χ3v) is 7.37. The van der Waals surface area contributed by atoms with Gasteiger partial charge in [-0.2, -0.15) is 0 Å². The summed E-state index contributed by atoms with van der Waals surface area (Å²) in [4.78, 5) is 0. The van der Waals surface area contributed by atoms with Gasteiger partial charge in [-0.1, -0.05) is 30.3 Å². The van der Waals surface area contributed by atoms with Crippen LogP contribution >= 0.6 is 0 Å². The summed E-state index contributed by atoms with van der Waals surface area (Å²) in [5.41, 5.74) is 2.64. The van der Waals surface area contributed by atoms with Crippen molar-refractivity contribution in [3.05, 3.63) is 59.7 Å². The molecule has 0 atom stereocenters. The van der Waals surface area contributed by atoms with E-state index in [0.29, 0.717) is 29.9 Å². The molecule has 3 rings (SSSR count). The molecule has 0 bridgehead atoms. The summed E-state index contributed by atoms with van der Waals surface area (Å²) < 4.78 is 53.3. The number of nitrogens with zero attached hydrogens (tertiary/aromatic N) is 1. The molecule has 140 valence electrons. The second-order valence-corrected chi connectivity index (χ2v) is 10.2. The summed E-state index contributed by atoms with van der Waals surface area (Å²) in [5, 5.41) is 0. The number of aryl methyl sites for hydroxylation is 1. The van der Waals surface area contributed by atoms with Gasteiger partial charge < -0.3 is 0 Å². The number of hydrogen-bond acceptors (Lipinski definition) is 4. The van der Waals surface area contributed by atoms with Crippen LogP contribution < -0.4 is 9.03 Å². The van der Waals surface area contributed by atoms with Gasteiger partial charge in [-0.05, 0) is 49.1 Å². The Labute approximate surface area is 155 Å². The average molecular weight is 395 g/mol. The first kappa shape index (κ1) is 18.7. The van der Waals surface area contributed by atoms with Crippen LogP contribution in [0.2, 0.25) is 0 Å². The molecular formula is C18H22N2O4S2. The van der Waals surface area contributed by atoms with Gasteiger partial charge in [0.15, 0.2) is 0 Å². The van der Waals surface area contributed by atoms with E-state index >= 15 is 0 Å². The standard InChI is InChI=1S/C18H22N2O4S2/c1-2-26(23,24)20-12-6-9-16-13-17(10-11-18(16)20)19-25(21,22)14-15-7-4-3-5-8-15/h3-5,7-8,10-11,13,19H,2,6,9,12,14H2,1H3. The van der Waals surface area contributed by atoms with Crippen LogP contribution in [0.5, 0.6) is 0 Å². The van der Waals surface area contributed by atoms with E-state index in [2.05, 4.69) is 4.72 Å². The molecule has 0 fully saturated rings. The normalized spacial score (nSPS) is 14.7. The van der Waals surface area contributed by atoms with Crippen LogP contribution in [-0.4, -0.2) is 29.1 Å². The lowest BCUT2D eigenvalue weighted by Crippen LogP contribution is -2.36. The minimum absolute atomic E-state index is 0.0396. The molecule has 0 radical (unpaired) electrons. The Bertz CT molecular complexity index is 987. The predicted octanol–water partition coefficient (Wildman–Crippen LogP) is 2.73. The third kappa shape index (κ3) is 4.19. The number of nitrogens with one attached hydrogen (secondary N) is 1. The minimum Gasteiger partial charge on any atom is -0.283 e. The maximum absolute atomic E-state index is 12.4. The van der Waals surface area contributed by atoms with E-state index in [1.807, 2.05) is 6.07 Å². The van der Waals surface area contributed by atoms with E-state index < -0.39 is 20.0 Å². The number of fused-ring (bicyclic) bond motifs is 1. The van der Waals surface area contributed by atoms with Crippen molar-refractivity contribution in [3.8, 4) is 0 Å². The molecule has 2 aromatic rings. The van der Waals surface area contributed by atoms with Gasteiger partial charge in [-0.25, -0.2) is 16.8 Å². The summed E-state index contributed by atoms with van der Waals surface area (Å²) in [7, 11) is -6.87. The van der Waals surface area contributed by atoms with Gasteiger partial charge in [0.25, 0.3) is 0 Å². The zero-order valence-corrected chi connectivity index (χ0v) is 16.2. The SMILES string of the molecule is CCS(=O)(=O)N1CCCc2cc(NS(=O)(=O)Cc3ccccc3)ccc21. The van der Waals surface area contributed by atoms with Crippen LogP contribution in [-0.2, 0) is 32.2 Å². The van der Waals surface area contributed by atoms with Crippen LogP contribution in [0.1, 0.15) is 24.5 Å². The lowest BCUT2D eigenvalue weighted by Gasteiger charge is -2.30. The van der Waals surface area contributed by atoms with Crippen molar-refractivity contribution >= 4 is 31.4 Å².